The molecule has 0 aliphatic carbocycles. The van der Waals surface area contributed by atoms with Crippen LogP contribution in [0.2, 0.25) is 5.02 Å². The Kier molecular flexibility index (Phi) is 5.56. The van der Waals surface area contributed by atoms with Crippen molar-refractivity contribution in [3.05, 3.63) is 28.3 Å². The average Bonchev–Trinajstić information content (AvgIpc) is 2.30. The van der Waals surface area contributed by atoms with Gasteiger partial charge in [-0.2, -0.15) is 0 Å². The lowest BCUT2D eigenvalue weighted by molar-refractivity contribution is 0.0322. The Labute approximate surface area is 124 Å². The fourth-order valence-electron chi connectivity index (χ4n) is 1.87. The van der Waals surface area contributed by atoms with Crippen LogP contribution in [0, 0.1) is 6.92 Å². The van der Waals surface area contributed by atoms with Crippen LogP contribution in [0.4, 0.5) is 0 Å². The van der Waals surface area contributed by atoms with Crippen LogP contribution in [0.1, 0.15) is 42.6 Å². The number of carbonyl (C=O) groups excluding carboxylic acids is 1. The zero-order valence-corrected chi connectivity index (χ0v) is 13.2. The Hall–Kier alpha value is -1.11. The summed E-state index contributed by atoms with van der Waals surface area (Å²) in [6.07, 6.45) is 1.36. The predicted octanol–water partition coefficient (Wildman–Crippen LogP) is 2.64. The van der Waals surface area contributed by atoms with Crippen LogP contribution in [-0.4, -0.2) is 20.5 Å². The monoisotopic (exact) mass is 319 g/mol. The van der Waals surface area contributed by atoms with E-state index in [0.717, 1.165) is 12.8 Å². The second kappa shape index (κ2) is 6.56. The molecule has 0 fully saturated rings. The molecule has 5 nitrogen and oxygen atoms in total. The lowest BCUT2D eigenvalue weighted by Crippen LogP contribution is -2.19. The molecule has 112 valence electrons. The highest BCUT2D eigenvalue weighted by molar-refractivity contribution is 7.89. The van der Waals surface area contributed by atoms with E-state index in [9.17, 15) is 13.2 Å². The highest BCUT2D eigenvalue weighted by Gasteiger charge is 2.21. The first kappa shape index (κ1) is 16.9. The smallest absolute Gasteiger partial charge is 0.338 e. The fourth-order valence-corrected chi connectivity index (χ4v) is 2.98. The van der Waals surface area contributed by atoms with E-state index in [1.165, 1.54) is 19.1 Å². The summed E-state index contributed by atoms with van der Waals surface area (Å²) in [5.41, 5.74) is 0.357. The van der Waals surface area contributed by atoms with Gasteiger partial charge in [-0.25, -0.2) is 18.4 Å². The van der Waals surface area contributed by atoms with E-state index in [-0.39, 0.29) is 27.1 Å². The first-order valence-electron chi connectivity index (χ1n) is 6.20. The van der Waals surface area contributed by atoms with Crippen molar-refractivity contribution < 1.29 is 17.9 Å². The Bertz CT molecular complexity index is 613. The van der Waals surface area contributed by atoms with Crippen molar-refractivity contribution >= 4 is 27.6 Å². The molecule has 0 heterocycles. The molecule has 0 aliphatic heterocycles. The maximum Gasteiger partial charge on any atom is 0.338 e. The zero-order chi connectivity index (χ0) is 15.5. The number of hydrogen-bond acceptors (Lipinski definition) is 4. The molecule has 0 aliphatic rings. The molecule has 0 radical (unpaired) electrons. The number of esters is 1. The third-order valence-electron chi connectivity index (χ3n) is 2.85. The van der Waals surface area contributed by atoms with E-state index in [2.05, 4.69) is 0 Å². The molecule has 0 amide bonds. The normalized spacial score (nSPS) is 13.1. The van der Waals surface area contributed by atoms with E-state index in [1.807, 2.05) is 6.92 Å². The molecule has 0 aromatic heterocycles. The van der Waals surface area contributed by atoms with Crippen molar-refractivity contribution in [3.8, 4) is 0 Å². The van der Waals surface area contributed by atoms with Crippen LogP contribution in [-0.2, 0) is 14.8 Å². The van der Waals surface area contributed by atoms with Crippen molar-refractivity contribution in [2.75, 3.05) is 0 Å². The highest BCUT2D eigenvalue weighted by atomic mass is 35.5. The molecule has 2 N–H and O–H groups in total. The van der Waals surface area contributed by atoms with Gasteiger partial charge in [0.05, 0.1) is 16.6 Å². The van der Waals surface area contributed by atoms with E-state index in [4.69, 9.17) is 21.5 Å². The zero-order valence-electron chi connectivity index (χ0n) is 11.6. The van der Waals surface area contributed by atoms with Gasteiger partial charge in [0.2, 0.25) is 10.0 Å². The minimum absolute atomic E-state index is 0.115. The first-order chi connectivity index (χ1) is 9.16. The number of benzene rings is 1. The maximum absolute atomic E-state index is 12.1. The maximum atomic E-state index is 12.1. The first-order valence-corrected chi connectivity index (χ1v) is 8.13. The average molecular weight is 320 g/mol. The molecule has 1 aromatic rings. The highest BCUT2D eigenvalue weighted by Crippen LogP contribution is 2.24. The summed E-state index contributed by atoms with van der Waals surface area (Å²) in [7, 11) is -3.94. The minimum Gasteiger partial charge on any atom is -0.459 e. The molecule has 20 heavy (non-hydrogen) atoms. The van der Waals surface area contributed by atoms with Gasteiger partial charge < -0.3 is 4.74 Å². The lowest BCUT2D eigenvalue weighted by Gasteiger charge is -2.15. The molecular formula is C13H18ClNO4S. The Morgan fingerprint density at radius 1 is 1.45 bits per heavy atom. The molecule has 0 bridgehead atoms. The van der Waals surface area contributed by atoms with Crippen molar-refractivity contribution in [2.24, 2.45) is 5.14 Å². The number of nitrogens with two attached hydrogens (primary N) is 1. The van der Waals surface area contributed by atoms with E-state index < -0.39 is 16.0 Å². The van der Waals surface area contributed by atoms with Gasteiger partial charge in [-0.1, -0.05) is 24.9 Å². The quantitative estimate of drug-likeness (QED) is 0.845. The van der Waals surface area contributed by atoms with E-state index in [0.29, 0.717) is 0 Å². The van der Waals surface area contributed by atoms with Crippen molar-refractivity contribution in [3.63, 3.8) is 0 Å². The number of sulfonamides is 1. The molecule has 0 saturated carbocycles. The third kappa shape index (κ3) is 4.19. The van der Waals surface area contributed by atoms with Crippen LogP contribution < -0.4 is 5.14 Å². The number of primary sulfonamides is 1. The summed E-state index contributed by atoms with van der Waals surface area (Å²) < 4.78 is 28.2. The summed E-state index contributed by atoms with van der Waals surface area (Å²) in [5, 5.41) is 5.23. The second-order valence-corrected chi connectivity index (χ2v) is 6.59. The summed E-state index contributed by atoms with van der Waals surface area (Å²) in [6, 6.07) is 2.60. The van der Waals surface area contributed by atoms with Gasteiger partial charge in [0, 0.05) is 5.02 Å². The van der Waals surface area contributed by atoms with Crippen molar-refractivity contribution in [1.29, 1.82) is 0 Å². The van der Waals surface area contributed by atoms with E-state index >= 15 is 0 Å². The number of halogens is 1. The largest absolute Gasteiger partial charge is 0.459 e. The van der Waals surface area contributed by atoms with Crippen molar-refractivity contribution in [2.45, 2.75) is 44.6 Å². The summed E-state index contributed by atoms with van der Waals surface area (Å²) >= 11 is 5.84. The Morgan fingerprint density at radius 2 is 2.05 bits per heavy atom. The topological polar surface area (TPSA) is 86.5 Å². The van der Waals surface area contributed by atoms with Gasteiger partial charge in [-0.3, -0.25) is 0 Å². The minimum atomic E-state index is -3.94. The lowest BCUT2D eigenvalue weighted by atomic mass is 10.1. The molecule has 0 spiro atoms. The third-order valence-corrected chi connectivity index (χ3v) is 4.11. The number of rotatable bonds is 5. The van der Waals surface area contributed by atoms with Crippen LogP contribution in [0.3, 0.4) is 0 Å². The van der Waals surface area contributed by atoms with Crippen LogP contribution in [0.25, 0.3) is 0 Å². The SMILES string of the molecule is CCCC(C)OC(=O)c1cc(Cl)cc(S(N)(=O)=O)c1C. The molecule has 1 rings (SSSR count). The second-order valence-electron chi connectivity index (χ2n) is 4.63. The predicted molar refractivity (Wildman–Crippen MR) is 77.3 cm³/mol. The van der Waals surface area contributed by atoms with Gasteiger partial charge in [0.1, 0.15) is 0 Å². The van der Waals surface area contributed by atoms with Crippen LogP contribution >= 0.6 is 11.6 Å². The van der Waals surface area contributed by atoms with Gasteiger partial charge in [0.15, 0.2) is 0 Å². The summed E-state index contributed by atoms with van der Waals surface area (Å²) in [6.45, 7) is 5.26. The standard InChI is InChI=1S/C13H18ClNO4S/c1-4-5-8(2)19-13(16)11-6-10(14)7-12(9(11)3)20(15,17)18/h6-8H,4-5H2,1-3H3,(H2,15,17,18). The number of ether oxygens (including phenoxy) is 1. The molecule has 7 heteroatoms. The Morgan fingerprint density at radius 3 is 2.55 bits per heavy atom. The van der Waals surface area contributed by atoms with E-state index in [1.54, 1.807) is 6.92 Å². The number of hydrogen-bond donors (Lipinski definition) is 1. The molecule has 0 saturated heterocycles. The molecule has 1 aromatic carbocycles. The molecular weight excluding hydrogens is 302 g/mol. The van der Waals surface area contributed by atoms with Gasteiger partial charge in [0.25, 0.3) is 0 Å². The molecule has 1 unspecified atom stereocenters. The fraction of sp³-hybridized carbons (Fsp3) is 0.462. The summed E-state index contributed by atoms with van der Waals surface area (Å²) in [4.78, 5) is 11.9. The van der Waals surface area contributed by atoms with Gasteiger partial charge in [-0.05, 0) is 38.0 Å². The van der Waals surface area contributed by atoms with Crippen molar-refractivity contribution in [1.82, 2.24) is 0 Å². The van der Waals surface area contributed by atoms with Crippen LogP contribution in [0.5, 0.6) is 0 Å². The van der Waals surface area contributed by atoms with Crippen LogP contribution in [0.15, 0.2) is 17.0 Å². The molecule has 1 atom stereocenters. The van der Waals surface area contributed by atoms with Gasteiger partial charge >= 0.3 is 5.97 Å². The Balaban J connectivity index is 3.19. The number of carbonyl (C=O) groups is 1. The summed E-state index contributed by atoms with van der Waals surface area (Å²) in [5.74, 6) is -0.601. The van der Waals surface area contributed by atoms with Gasteiger partial charge in [-0.15, -0.1) is 0 Å².